The number of thiazole rings is 1. The van der Waals surface area contributed by atoms with Crippen molar-refractivity contribution in [1.29, 1.82) is 0 Å². The number of aromatic nitrogens is 1. The van der Waals surface area contributed by atoms with E-state index in [-0.39, 0.29) is 5.82 Å². The highest BCUT2D eigenvalue weighted by Crippen LogP contribution is 2.32. The van der Waals surface area contributed by atoms with Crippen LogP contribution in [0.4, 0.5) is 4.39 Å². The highest BCUT2D eigenvalue weighted by atomic mass is 32.1. The maximum Gasteiger partial charge on any atom is 0.126 e. The van der Waals surface area contributed by atoms with Gasteiger partial charge in [-0.1, -0.05) is 60.7 Å². The smallest absolute Gasteiger partial charge is 0.126 e. The molecule has 2 nitrogen and oxygen atoms in total. The molecule has 1 heterocycles. The molecule has 3 aromatic carbocycles. The minimum Gasteiger partial charge on any atom is -0.310 e. The van der Waals surface area contributed by atoms with Crippen LogP contribution in [0.3, 0.4) is 0 Å². The van der Waals surface area contributed by atoms with E-state index >= 15 is 0 Å². The molecule has 0 amide bonds. The standard InChI is InChI=1S/C22H19FN2S/c23-20-11-4-2-7-17(20)12-13-24-15-22-25-14-21(26-22)19-10-5-8-16-6-1-3-9-18(16)19/h1-11,14,24H,12-13,15H2. The lowest BCUT2D eigenvalue weighted by Crippen LogP contribution is -2.16. The highest BCUT2D eigenvalue weighted by molar-refractivity contribution is 7.15. The van der Waals surface area contributed by atoms with Crippen molar-refractivity contribution in [1.82, 2.24) is 10.3 Å². The molecule has 4 aromatic rings. The van der Waals surface area contributed by atoms with Crippen LogP contribution in [-0.4, -0.2) is 11.5 Å². The number of nitrogens with one attached hydrogen (secondary N) is 1. The number of hydrogen-bond donors (Lipinski definition) is 1. The topological polar surface area (TPSA) is 24.9 Å². The second kappa shape index (κ2) is 7.77. The molecule has 0 saturated carbocycles. The van der Waals surface area contributed by atoms with Gasteiger partial charge in [0.25, 0.3) is 0 Å². The monoisotopic (exact) mass is 362 g/mol. The van der Waals surface area contributed by atoms with Gasteiger partial charge in [-0.3, -0.25) is 0 Å². The van der Waals surface area contributed by atoms with E-state index in [0.717, 1.165) is 17.1 Å². The molecule has 130 valence electrons. The number of rotatable bonds is 6. The van der Waals surface area contributed by atoms with Gasteiger partial charge in [-0.05, 0) is 35.4 Å². The van der Waals surface area contributed by atoms with Gasteiger partial charge in [-0.2, -0.15) is 0 Å². The van der Waals surface area contributed by atoms with E-state index in [1.807, 2.05) is 18.3 Å². The number of fused-ring (bicyclic) bond motifs is 1. The molecule has 4 rings (SSSR count). The van der Waals surface area contributed by atoms with Gasteiger partial charge >= 0.3 is 0 Å². The first kappa shape index (κ1) is 16.9. The Morgan fingerprint density at radius 2 is 1.73 bits per heavy atom. The normalized spacial score (nSPS) is 11.1. The van der Waals surface area contributed by atoms with Crippen LogP contribution in [-0.2, 0) is 13.0 Å². The van der Waals surface area contributed by atoms with Crippen LogP contribution in [0.1, 0.15) is 10.6 Å². The molecule has 0 unspecified atom stereocenters. The van der Waals surface area contributed by atoms with E-state index in [4.69, 9.17) is 0 Å². The first-order valence-electron chi connectivity index (χ1n) is 8.68. The molecule has 0 radical (unpaired) electrons. The summed E-state index contributed by atoms with van der Waals surface area (Å²) in [7, 11) is 0. The molecule has 26 heavy (non-hydrogen) atoms. The van der Waals surface area contributed by atoms with Gasteiger partial charge in [0.15, 0.2) is 0 Å². The van der Waals surface area contributed by atoms with Gasteiger partial charge in [0, 0.05) is 18.3 Å². The highest BCUT2D eigenvalue weighted by Gasteiger charge is 2.08. The SMILES string of the molecule is Fc1ccccc1CCNCc1ncc(-c2cccc3ccccc23)s1. The zero-order chi connectivity index (χ0) is 17.8. The summed E-state index contributed by atoms with van der Waals surface area (Å²) >= 11 is 1.70. The molecular weight excluding hydrogens is 343 g/mol. The molecule has 1 N–H and O–H groups in total. The Kier molecular flexibility index (Phi) is 5.04. The lowest BCUT2D eigenvalue weighted by Gasteiger charge is -2.04. The molecule has 0 saturated heterocycles. The van der Waals surface area contributed by atoms with Crippen LogP contribution in [0.5, 0.6) is 0 Å². The van der Waals surface area contributed by atoms with E-state index < -0.39 is 0 Å². The fourth-order valence-electron chi connectivity index (χ4n) is 3.08. The zero-order valence-electron chi connectivity index (χ0n) is 14.3. The minimum absolute atomic E-state index is 0.137. The van der Waals surface area contributed by atoms with Crippen molar-refractivity contribution >= 4 is 22.1 Å². The van der Waals surface area contributed by atoms with Gasteiger partial charge in [0.1, 0.15) is 10.8 Å². The third kappa shape index (κ3) is 3.66. The van der Waals surface area contributed by atoms with Gasteiger partial charge in [0.05, 0.1) is 4.88 Å². The van der Waals surface area contributed by atoms with Crippen molar-refractivity contribution in [3.05, 3.63) is 89.3 Å². The maximum absolute atomic E-state index is 13.6. The zero-order valence-corrected chi connectivity index (χ0v) is 15.1. The Hall–Kier alpha value is -2.56. The second-order valence-electron chi connectivity index (χ2n) is 6.16. The second-order valence-corrected chi connectivity index (χ2v) is 7.28. The van der Waals surface area contributed by atoms with Crippen LogP contribution in [0.25, 0.3) is 21.2 Å². The van der Waals surface area contributed by atoms with Crippen LogP contribution in [0, 0.1) is 5.82 Å². The predicted molar refractivity (Wildman–Crippen MR) is 107 cm³/mol. The van der Waals surface area contributed by atoms with Crippen molar-refractivity contribution in [2.24, 2.45) is 0 Å². The summed E-state index contributed by atoms with van der Waals surface area (Å²) < 4.78 is 13.6. The van der Waals surface area contributed by atoms with Crippen LogP contribution in [0.2, 0.25) is 0 Å². The maximum atomic E-state index is 13.6. The van der Waals surface area contributed by atoms with Gasteiger partial charge in [-0.15, -0.1) is 11.3 Å². The summed E-state index contributed by atoms with van der Waals surface area (Å²) in [4.78, 5) is 5.72. The first-order valence-corrected chi connectivity index (χ1v) is 9.50. The summed E-state index contributed by atoms with van der Waals surface area (Å²) in [6.45, 7) is 1.42. The number of benzene rings is 3. The van der Waals surface area contributed by atoms with E-state index in [2.05, 4.69) is 52.8 Å². The number of hydrogen-bond acceptors (Lipinski definition) is 3. The molecule has 0 fully saturated rings. The molecule has 0 spiro atoms. The minimum atomic E-state index is -0.137. The molecule has 0 atom stereocenters. The van der Waals surface area contributed by atoms with Crippen molar-refractivity contribution in [3.8, 4) is 10.4 Å². The Balaban J connectivity index is 1.41. The van der Waals surface area contributed by atoms with Crippen molar-refractivity contribution in [2.45, 2.75) is 13.0 Å². The molecule has 0 aliphatic carbocycles. The average molecular weight is 362 g/mol. The van der Waals surface area contributed by atoms with E-state index in [1.165, 1.54) is 27.3 Å². The van der Waals surface area contributed by atoms with Crippen LogP contribution < -0.4 is 5.32 Å². The van der Waals surface area contributed by atoms with Gasteiger partial charge in [-0.25, -0.2) is 9.37 Å². The average Bonchev–Trinajstić information content (AvgIpc) is 3.15. The van der Waals surface area contributed by atoms with E-state index in [9.17, 15) is 4.39 Å². The first-order chi connectivity index (χ1) is 12.8. The fourth-order valence-corrected chi connectivity index (χ4v) is 4.00. The van der Waals surface area contributed by atoms with Gasteiger partial charge < -0.3 is 5.32 Å². The Morgan fingerprint density at radius 3 is 2.65 bits per heavy atom. The van der Waals surface area contributed by atoms with Crippen molar-refractivity contribution < 1.29 is 4.39 Å². The summed E-state index contributed by atoms with van der Waals surface area (Å²) in [5.74, 6) is -0.137. The van der Waals surface area contributed by atoms with Crippen LogP contribution in [0.15, 0.2) is 72.9 Å². The third-order valence-corrected chi connectivity index (χ3v) is 5.44. The van der Waals surface area contributed by atoms with Crippen LogP contribution >= 0.6 is 11.3 Å². The lowest BCUT2D eigenvalue weighted by atomic mass is 10.0. The van der Waals surface area contributed by atoms with E-state index in [0.29, 0.717) is 13.0 Å². The summed E-state index contributed by atoms with van der Waals surface area (Å²) in [6, 6.07) is 21.7. The molecule has 4 heteroatoms. The van der Waals surface area contributed by atoms with Gasteiger partial charge in [0.2, 0.25) is 0 Å². The molecule has 0 aliphatic heterocycles. The van der Waals surface area contributed by atoms with Crippen molar-refractivity contribution in [3.63, 3.8) is 0 Å². The third-order valence-electron chi connectivity index (χ3n) is 4.41. The fraction of sp³-hybridized carbons (Fsp3) is 0.136. The Labute approximate surface area is 156 Å². The quantitative estimate of drug-likeness (QED) is 0.462. The largest absolute Gasteiger partial charge is 0.310 e. The molecule has 0 bridgehead atoms. The Bertz CT molecular complexity index is 1020. The summed E-state index contributed by atoms with van der Waals surface area (Å²) in [5, 5.41) is 6.89. The van der Waals surface area contributed by atoms with Crippen molar-refractivity contribution in [2.75, 3.05) is 6.54 Å². The Morgan fingerprint density at radius 1 is 0.923 bits per heavy atom. The molecule has 1 aromatic heterocycles. The predicted octanol–water partition coefficient (Wildman–Crippen LogP) is 5.43. The molecule has 0 aliphatic rings. The number of halogens is 1. The molecular formula is C22H19FN2S. The number of nitrogens with zero attached hydrogens (tertiary/aromatic N) is 1. The lowest BCUT2D eigenvalue weighted by molar-refractivity contribution is 0.597. The summed E-state index contributed by atoms with van der Waals surface area (Å²) in [6.07, 6.45) is 2.62. The van der Waals surface area contributed by atoms with E-state index in [1.54, 1.807) is 17.4 Å². The summed E-state index contributed by atoms with van der Waals surface area (Å²) in [5.41, 5.74) is 1.97.